The molecule has 3 rings (SSSR count). The van der Waals surface area contributed by atoms with Gasteiger partial charge >= 0.3 is 0 Å². The van der Waals surface area contributed by atoms with Gasteiger partial charge in [-0.25, -0.2) is 16.8 Å². The largest absolute Gasteiger partial charge is 0.349 e. The van der Waals surface area contributed by atoms with Crippen molar-refractivity contribution in [3.63, 3.8) is 0 Å². The number of benzene rings is 2. The smallest absolute Gasteiger partial charge is 0.251 e. The van der Waals surface area contributed by atoms with Crippen LogP contribution in [0.3, 0.4) is 0 Å². The molecule has 1 aliphatic heterocycles. The molecule has 0 saturated carbocycles. The van der Waals surface area contributed by atoms with Crippen LogP contribution in [0.2, 0.25) is 0 Å². The van der Waals surface area contributed by atoms with E-state index in [0.29, 0.717) is 18.5 Å². The Labute approximate surface area is 187 Å². The number of anilines is 1. The van der Waals surface area contributed by atoms with E-state index in [9.17, 15) is 26.4 Å². The van der Waals surface area contributed by atoms with Crippen molar-refractivity contribution in [1.29, 1.82) is 0 Å². The van der Waals surface area contributed by atoms with Crippen molar-refractivity contribution in [3.8, 4) is 0 Å². The van der Waals surface area contributed by atoms with Gasteiger partial charge in [0.15, 0.2) is 9.84 Å². The Hall–Kier alpha value is -2.76. The molecule has 0 aliphatic carbocycles. The molecule has 9 nitrogen and oxygen atoms in total. The van der Waals surface area contributed by atoms with Crippen LogP contribution in [-0.2, 0) is 24.7 Å². The van der Waals surface area contributed by atoms with Crippen molar-refractivity contribution in [3.05, 3.63) is 54.1 Å². The maximum atomic E-state index is 12.9. The molecule has 32 heavy (non-hydrogen) atoms. The molecular weight excluding hydrogens is 454 g/mol. The lowest BCUT2D eigenvalue weighted by atomic mass is 10.1. The van der Waals surface area contributed by atoms with Gasteiger partial charge < -0.3 is 10.6 Å². The van der Waals surface area contributed by atoms with Gasteiger partial charge in [0, 0.05) is 43.6 Å². The molecule has 1 saturated heterocycles. The highest BCUT2D eigenvalue weighted by Gasteiger charge is 2.30. The minimum atomic E-state index is -3.69. The van der Waals surface area contributed by atoms with Gasteiger partial charge in [0.1, 0.15) is 0 Å². The summed E-state index contributed by atoms with van der Waals surface area (Å²) in [5.74, 6) is -0.641. The van der Waals surface area contributed by atoms with Crippen molar-refractivity contribution in [2.24, 2.45) is 0 Å². The fourth-order valence-electron chi connectivity index (χ4n) is 3.44. The first kappa shape index (κ1) is 23.9. The number of carbonyl (C=O) groups excluding carboxylic acids is 2. The summed E-state index contributed by atoms with van der Waals surface area (Å²) in [4.78, 5) is 23.8. The van der Waals surface area contributed by atoms with E-state index in [-0.39, 0.29) is 40.4 Å². The van der Waals surface area contributed by atoms with Crippen LogP contribution in [0, 0.1) is 0 Å². The Morgan fingerprint density at radius 1 is 0.938 bits per heavy atom. The molecule has 2 N–H and O–H groups in total. The molecule has 2 aromatic rings. The van der Waals surface area contributed by atoms with Crippen molar-refractivity contribution < 1.29 is 26.4 Å². The summed E-state index contributed by atoms with van der Waals surface area (Å²) in [7, 11) is -7.12. The molecule has 1 aliphatic rings. The van der Waals surface area contributed by atoms with Crippen LogP contribution in [0.1, 0.15) is 30.1 Å². The van der Waals surface area contributed by atoms with Crippen molar-refractivity contribution in [2.75, 3.05) is 24.7 Å². The van der Waals surface area contributed by atoms with E-state index in [1.165, 1.54) is 59.8 Å². The van der Waals surface area contributed by atoms with Gasteiger partial charge in [-0.3, -0.25) is 9.59 Å². The standard InChI is InChI=1S/C21H25N3O6S2/c1-15(25)22-17-6-8-19(9-7-17)32(29,30)24-12-10-18(11-13-24)23-21(26)16-4-3-5-20(14-16)31(2,27)28/h3-9,14,18H,10-13H2,1-2H3,(H,22,25)(H,23,26). The zero-order valence-electron chi connectivity index (χ0n) is 17.7. The van der Waals surface area contributed by atoms with Crippen LogP contribution in [0.25, 0.3) is 0 Å². The minimum absolute atomic E-state index is 0.0654. The normalized spacial score (nSPS) is 15.8. The van der Waals surface area contributed by atoms with E-state index < -0.39 is 25.8 Å². The van der Waals surface area contributed by atoms with Gasteiger partial charge in [-0.15, -0.1) is 0 Å². The number of nitrogens with one attached hydrogen (secondary N) is 2. The highest BCUT2D eigenvalue weighted by Crippen LogP contribution is 2.22. The third-order valence-corrected chi connectivity index (χ3v) is 8.15. The summed E-state index contributed by atoms with van der Waals surface area (Å²) >= 11 is 0. The average Bonchev–Trinajstić information content (AvgIpc) is 2.73. The molecule has 2 amide bonds. The van der Waals surface area contributed by atoms with Crippen molar-refractivity contribution >= 4 is 37.4 Å². The van der Waals surface area contributed by atoms with E-state index in [1.807, 2.05) is 0 Å². The second-order valence-corrected chi connectivity index (χ2v) is 11.6. The number of sulfonamides is 1. The predicted molar refractivity (Wildman–Crippen MR) is 120 cm³/mol. The molecule has 0 unspecified atom stereocenters. The Kier molecular flexibility index (Phi) is 7.01. The number of rotatable bonds is 6. The summed E-state index contributed by atoms with van der Waals surface area (Å²) in [6.45, 7) is 1.85. The van der Waals surface area contributed by atoms with E-state index in [1.54, 1.807) is 0 Å². The predicted octanol–water partition coefficient (Wildman–Crippen LogP) is 1.63. The molecule has 2 aromatic carbocycles. The van der Waals surface area contributed by atoms with Crippen LogP contribution in [0.5, 0.6) is 0 Å². The molecule has 0 aromatic heterocycles. The second-order valence-electron chi connectivity index (χ2n) is 7.66. The van der Waals surface area contributed by atoms with E-state index in [2.05, 4.69) is 10.6 Å². The first-order valence-electron chi connectivity index (χ1n) is 9.95. The second kappa shape index (κ2) is 9.39. The summed E-state index contributed by atoms with van der Waals surface area (Å²) in [5, 5.41) is 5.45. The van der Waals surface area contributed by atoms with Crippen molar-refractivity contribution in [1.82, 2.24) is 9.62 Å². The molecule has 0 bridgehead atoms. The van der Waals surface area contributed by atoms with Gasteiger partial charge in [0.2, 0.25) is 15.9 Å². The van der Waals surface area contributed by atoms with Gasteiger partial charge in [-0.2, -0.15) is 4.31 Å². The lowest BCUT2D eigenvalue weighted by molar-refractivity contribution is -0.114. The van der Waals surface area contributed by atoms with Gasteiger partial charge in [-0.05, 0) is 55.3 Å². The quantitative estimate of drug-likeness (QED) is 0.648. The molecular formula is C21H25N3O6S2. The molecule has 172 valence electrons. The Morgan fingerprint density at radius 2 is 1.56 bits per heavy atom. The number of carbonyl (C=O) groups is 2. The maximum Gasteiger partial charge on any atom is 0.251 e. The molecule has 0 spiro atoms. The van der Waals surface area contributed by atoms with Gasteiger partial charge in [0.25, 0.3) is 5.91 Å². The van der Waals surface area contributed by atoms with Gasteiger partial charge in [0.05, 0.1) is 9.79 Å². The summed E-state index contributed by atoms with van der Waals surface area (Å²) in [5.41, 5.74) is 0.750. The van der Waals surface area contributed by atoms with E-state index in [0.717, 1.165) is 6.26 Å². The number of nitrogens with zero attached hydrogens (tertiary/aromatic N) is 1. The Bertz CT molecular complexity index is 1220. The van der Waals surface area contributed by atoms with Crippen molar-refractivity contribution in [2.45, 2.75) is 35.6 Å². The molecule has 1 heterocycles. The van der Waals surface area contributed by atoms with Crippen LogP contribution in [-0.4, -0.2) is 58.3 Å². The SMILES string of the molecule is CC(=O)Nc1ccc(S(=O)(=O)N2CCC(NC(=O)c3cccc(S(C)(=O)=O)c3)CC2)cc1. The molecule has 0 radical (unpaired) electrons. The summed E-state index contributed by atoms with van der Waals surface area (Å²) in [6.07, 6.45) is 1.94. The Morgan fingerprint density at radius 3 is 2.12 bits per heavy atom. The summed E-state index contributed by atoms with van der Waals surface area (Å²) < 4.78 is 50.6. The van der Waals surface area contributed by atoms with E-state index in [4.69, 9.17) is 0 Å². The lowest BCUT2D eigenvalue weighted by Gasteiger charge is -2.31. The zero-order valence-corrected chi connectivity index (χ0v) is 19.4. The third-order valence-electron chi connectivity index (χ3n) is 5.13. The van der Waals surface area contributed by atoms with Gasteiger partial charge in [-0.1, -0.05) is 6.07 Å². The van der Waals surface area contributed by atoms with Crippen LogP contribution in [0.15, 0.2) is 58.3 Å². The van der Waals surface area contributed by atoms with Crippen LogP contribution in [0.4, 0.5) is 5.69 Å². The maximum absolute atomic E-state index is 12.9. The third kappa shape index (κ3) is 5.72. The summed E-state index contributed by atoms with van der Waals surface area (Å²) in [6, 6.07) is 11.5. The first-order valence-corrected chi connectivity index (χ1v) is 13.3. The van der Waals surface area contributed by atoms with Crippen LogP contribution >= 0.6 is 0 Å². The number of hydrogen-bond donors (Lipinski definition) is 2. The number of piperidine rings is 1. The lowest BCUT2D eigenvalue weighted by Crippen LogP contribution is -2.46. The Balaban J connectivity index is 1.61. The molecule has 11 heteroatoms. The van der Waals surface area contributed by atoms with E-state index >= 15 is 0 Å². The fraction of sp³-hybridized carbons (Fsp3) is 0.333. The number of amides is 2. The highest BCUT2D eigenvalue weighted by atomic mass is 32.2. The topological polar surface area (TPSA) is 130 Å². The zero-order chi connectivity index (χ0) is 23.5. The fourth-order valence-corrected chi connectivity index (χ4v) is 5.58. The highest BCUT2D eigenvalue weighted by molar-refractivity contribution is 7.90. The minimum Gasteiger partial charge on any atom is -0.349 e. The average molecular weight is 480 g/mol. The van der Waals surface area contributed by atoms with Crippen LogP contribution < -0.4 is 10.6 Å². The monoisotopic (exact) mass is 479 g/mol. The molecule has 0 atom stereocenters. The molecule has 1 fully saturated rings. The first-order chi connectivity index (χ1) is 15.0. The number of hydrogen-bond acceptors (Lipinski definition) is 6. The number of sulfone groups is 1.